The topological polar surface area (TPSA) is 125 Å². The molecule has 1 heterocycles. The van der Waals surface area contributed by atoms with Gasteiger partial charge in [-0.25, -0.2) is 5.84 Å². The summed E-state index contributed by atoms with van der Waals surface area (Å²) in [4.78, 5) is 20.8. The van der Waals surface area contributed by atoms with E-state index >= 15 is 0 Å². The minimum Gasteiger partial charge on any atom is -0.475 e. The van der Waals surface area contributed by atoms with E-state index < -0.39 is 4.92 Å². The maximum Gasteiger partial charge on any atom is 0.350 e. The van der Waals surface area contributed by atoms with Crippen LogP contribution in [0.25, 0.3) is 0 Å². The lowest BCUT2D eigenvalue weighted by atomic mass is 10.4. The molecule has 9 heteroatoms. The highest BCUT2D eigenvalue weighted by Crippen LogP contribution is 2.23. The molecule has 0 radical (unpaired) electrons. The first-order valence-corrected chi connectivity index (χ1v) is 4.33. The van der Waals surface area contributed by atoms with Crippen LogP contribution >= 0.6 is 0 Å². The molecular formula is C7H11N5O4. The summed E-state index contributed by atoms with van der Waals surface area (Å²) in [6.45, 7) is 0.188. The number of hydrogen-bond donors (Lipinski definition) is 2. The Labute approximate surface area is 90.3 Å². The molecule has 0 fully saturated rings. The number of hydrogen-bond acceptors (Lipinski definition) is 6. The van der Waals surface area contributed by atoms with Crippen LogP contribution in [-0.2, 0) is 11.3 Å². The van der Waals surface area contributed by atoms with Crippen LogP contribution in [0.3, 0.4) is 0 Å². The second-order valence-corrected chi connectivity index (χ2v) is 2.86. The number of nitro groups is 1. The highest BCUT2D eigenvalue weighted by atomic mass is 16.6. The number of aryl methyl sites for hydroxylation is 1. The summed E-state index contributed by atoms with van der Waals surface area (Å²) in [6, 6.07) is 0. The van der Waals surface area contributed by atoms with Crippen molar-refractivity contribution in [3.05, 3.63) is 16.3 Å². The number of amides is 1. The summed E-state index contributed by atoms with van der Waals surface area (Å²) in [5.41, 5.74) is 1.71. The van der Waals surface area contributed by atoms with Gasteiger partial charge in [-0.15, -0.1) is 5.10 Å². The molecule has 0 spiro atoms. The summed E-state index contributed by atoms with van der Waals surface area (Å²) in [5.74, 6) is 4.42. The van der Waals surface area contributed by atoms with Crippen molar-refractivity contribution < 1.29 is 14.5 Å². The molecule has 88 valence electrons. The van der Waals surface area contributed by atoms with Gasteiger partial charge in [-0.05, 0) is 0 Å². The van der Waals surface area contributed by atoms with Crippen molar-refractivity contribution in [3.8, 4) is 5.88 Å². The molecule has 0 atom stereocenters. The molecule has 0 saturated heterocycles. The maximum absolute atomic E-state index is 10.8. The molecule has 1 aromatic heterocycles. The molecule has 0 unspecified atom stereocenters. The van der Waals surface area contributed by atoms with Crippen molar-refractivity contribution >= 4 is 11.6 Å². The molecule has 0 aliphatic carbocycles. The van der Waals surface area contributed by atoms with Gasteiger partial charge in [-0.2, -0.15) is 0 Å². The fourth-order valence-electron chi connectivity index (χ4n) is 1.07. The lowest BCUT2D eigenvalue weighted by Crippen LogP contribution is -2.30. The Morgan fingerprint density at radius 2 is 2.50 bits per heavy atom. The van der Waals surface area contributed by atoms with Gasteiger partial charge in [0, 0.05) is 6.42 Å². The van der Waals surface area contributed by atoms with Gasteiger partial charge in [0.2, 0.25) is 5.91 Å². The number of carbonyl (C=O) groups is 1. The summed E-state index contributed by atoms with van der Waals surface area (Å²) in [6.07, 6.45) is 1.28. The van der Waals surface area contributed by atoms with Crippen LogP contribution in [0, 0.1) is 10.1 Å². The van der Waals surface area contributed by atoms with Crippen molar-refractivity contribution in [2.24, 2.45) is 5.84 Å². The number of nitrogens with zero attached hydrogens (tertiary/aromatic N) is 3. The third-order valence-corrected chi connectivity index (χ3v) is 1.83. The number of ether oxygens (including phenoxy) is 1. The highest BCUT2D eigenvalue weighted by Gasteiger charge is 2.20. The molecular weight excluding hydrogens is 218 g/mol. The third kappa shape index (κ3) is 2.67. The monoisotopic (exact) mass is 229 g/mol. The van der Waals surface area contributed by atoms with Gasteiger partial charge in [-0.1, -0.05) is 0 Å². The van der Waals surface area contributed by atoms with E-state index in [-0.39, 0.29) is 30.4 Å². The molecule has 0 bridgehead atoms. The quantitative estimate of drug-likeness (QED) is 0.294. The summed E-state index contributed by atoms with van der Waals surface area (Å²) in [5, 5.41) is 14.3. The molecule has 9 nitrogen and oxygen atoms in total. The summed E-state index contributed by atoms with van der Waals surface area (Å²) in [7, 11) is 1.28. The van der Waals surface area contributed by atoms with Crippen molar-refractivity contribution in [1.82, 2.24) is 15.2 Å². The number of aromatic nitrogens is 2. The molecule has 0 aliphatic heterocycles. The third-order valence-electron chi connectivity index (χ3n) is 1.83. The van der Waals surface area contributed by atoms with E-state index in [0.717, 1.165) is 0 Å². The Balaban J connectivity index is 2.75. The largest absolute Gasteiger partial charge is 0.475 e. The normalized spacial score (nSPS) is 9.88. The van der Waals surface area contributed by atoms with E-state index in [9.17, 15) is 14.9 Å². The van der Waals surface area contributed by atoms with Crippen molar-refractivity contribution in [1.29, 1.82) is 0 Å². The predicted octanol–water partition coefficient (Wildman–Crippen LogP) is -0.820. The van der Waals surface area contributed by atoms with E-state index in [0.29, 0.717) is 0 Å². The minimum atomic E-state index is -0.606. The first kappa shape index (κ1) is 11.9. The number of carbonyl (C=O) groups excluding carboxylic acids is 1. The fourth-order valence-corrected chi connectivity index (χ4v) is 1.07. The van der Waals surface area contributed by atoms with Gasteiger partial charge in [0.05, 0.1) is 18.6 Å². The van der Waals surface area contributed by atoms with Crippen LogP contribution in [0.4, 0.5) is 5.69 Å². The summed E-state index contributed by atoms with van der Waals surface area (Å²) >= 11 is 0. The zero-order chi connectivity index (χ0) is 12.1. The number of methoxy groups -OCH3 is 1. The molecule has 1 amide bonds. The standard InChI is InChI=1S/C7H11N5O4/c1-16-7-5(12(14)15)4-11(10-7)3-2-6(13)9-8/h4H,2-3,8H2,1H3,(H,9,13). The molecule has 1 rings (SSSR count). The average Bonchev–Trinajstić information content (AvgIpc) is 2.69. The van der Waals surface area contributed by atoms with Crippen LogP contribution in [0.2, 0.25) is 0 Å². The van der Waals surface area contributed by atoms with Crippen LogP contribution < -0.4 is 16.0 Å². The molecule has 0 saturated carbocycles. The molecule has 16 heavy (non-hydrogen) atoms. The number of hydrazine groups is 1. The lowest BCUT2D eigenvalue weighted by Gasteiger charge is -1.98. The smallest absolute Gasteiger partial charge is 0.350 e. The van der Waals surface area contributed by atoms with Crippen LogP contribution in [0.15, 0.2) is 6.20 Å². The lowest BCUT2D eigenvalue weighted by molar-refractivity contribution is -0.385. The van der Waals surface area contributed by atoms with Crippen LogP contribution in [0.1, 0.15) is 6.42 Å². The van der Waals surface area contributed by atoms with Crippen LogP contribution in [-0.4, -0.2) is 27.7 Å². The van der Waals surface area contributed by atoms with E-state index in [1.165, 1.54) is 18.0 Å². The van der Waals surface area contributed by atoms with Gasteiger partial charge in [0.1, 0.15) is 6.20 Å². The molecule has 3 N–H and O–H groups in total. The Hall–Kier alpha value is -2.16. The molecule has 0 aromatic carbocycles. The van der Waals surface area contributed by atoms with E-state index in [2.05, 4.69) is 5.10 Å². The zero-order valence-corrected chi connectivity index (χ0v) is 8.54. The van der Waals surface area contributed by atoms with Crippen LogP contribution in [0.5, 0.6) is 5.88 Å². The molecule has 0 aliphatic rings. The van der Waals surface area contributed by atoms with E-state index in [4.69, 9.17) is 10.6 Å². The Kier molecular flexibility index (Phi) is 3.78. The first-order valence-electron chi connectivity index (χ1n) is 4.33. The Bertz CT molecular complexity index is 401. The van der Waals surface area contributed by atoms with Gasteiger partial charge in [-0.3, -0.25) is 25.0 Å². The summed E-state index contributed by atoms with van der Waals surface area (Å²) < 4.78 is 5.98. The first-order chi connectivity index (χ1) is 7.58. The second-order valence-electron chi connectivity index (χ2n) is 2.86. The van der Waals surface area contributed by atoms with Gasteiger partial charge < -0.3 is 4.74 Å². The van der Waals surface area contributed by atoms with Crippen molar-refractivity contribution in [2.45, 2.75) is 13.0 Å². The number of nitrogens with two attached hydrogens (primary N) is 1. The van der Waals surface area contributed by atoms with Crippen molar-refractivity contribution in [2.75, 3.05) is 7.11 Å². The maximum atomic E-state index is 10.8. The average molecular weight is 229 g/mol. The predicted molar refractivity (Wildman–Crippen MR) is 52.4 cm³/mol. The van der Waals surface area contributed by atoms with E-state index in [1.54, 1.807) is 0 Å². The van der Waals surface area contributed by atoms with Gasteiger partial charge in [0.25, 0.3) is 0 Å². The highest BCUT2D eigenvalue weighted by molar-refractivity contribution is 5.75. The number of rotatable bonds is 5. The minimum absolute atomic E-state index is 0.0818. The molecule has 1 aromatic rings. The Morgan fingerprint density at radius 1 is 1.81 bits per heavy atom. The van der Waals surface area contributed by atoms with Crippen molar-refractivity contribution in [3.63, 3.8) is 0 Å². The Morgan fingerprint density at radius 3 is 2.94 bits per heavy atom. The fraction of sp³-hybridized carbons (Fsp3) is 0.429. The van der Waals surface area contributed by atoms with Gasteiger partial charge >= 0.3 is 11.6 Å². The number of nitrogens with one attached hydrogen (secondary N) is 1. The SMILES string of the molecule is COc1nn(CCC(=O)NN)cc1[N+](=O)[O-]. The van der Waals surface area contributed by atoms with Gasteiger partial charge in [0.15, 0.2) is 0 Å². The zero-order valence-electron chi connectivity index (χ0n) is 8.54. The van der Waals surface area contributed by atoms with E-state index in [1.807, 2.05) is 5.43 Å². The second kappa shape index (κ2) is 5.07.